The van der Waals surface area contributed by atoms with Gasteiger partial charge in [0.05, 0.1) is 30.9 Å². The molecule has 1 atom stereocenters. The van der Waals surface area contributed by atoms with Crippen molar-refractivity contribution in [1.29, 1.82) is 0 Å². The zero-order valence-electron chi connectivity index (χ0n) is 15.7. The van der Waals surface area contributed by atoms with Gasteiger partial charge in [0.15, 0.2) is 11.5 Å². The highest BCUT2D eigenvalue weighted by Crippen LogP contribution is 2.32. The van der Waals surface area contributed by atoms with Gasteiger partial charge >= 0.3 is 0 Å². The molecule has 0 aliphatic heterocycles. The van der Waals surface area contributed by atoms with E-state index >= 15 is 0 Å². The number of nitrogens with one attached hydrogen (secondary N) is 1. The number of Topliss-reactive ketones (excluding diaryl/α,β-unsaturated/α-hetero) is 1. The summed E-state index contributed by atoms with van der Waals surface area (Å²) in [7, 11) is 2.71. The van der Waals surface area contributed by atoms with E-state index in [2.05, 4.69) is 15.5 Å². The fourth-order valence-electron chi connectivity index (χ4n) is 2.27. The van der Waals surface area contributed by atoms with Crippen molar-refractivity contribution in [2.75, 3.05) is 19.5 Å². The third kappa shape index (κ3) is 5.48. The van der Waals surface area contributed by atoms with E-state index in [9.17, 15) is 19.7 Å². The first-order valence-electron chi connectivity index (χ1n) is 8.15. The van der Waals surface area contributed by atoms with Gasteiger partial charge in [0.1, 0.15) is 11.4 Å². The van der Waals surface area contributed by atoms with Crippen LogP contribution in [-0.4, -0.2) is 36.9 Å². The van der Waals surface area contributed by atoms with Crippen LogP contribution in [0.2, 0.25) is 5.02 Å². The van der Waals surface area contributed by atoms with E-state index in [0.29, 0.717) is 16.5 Å². The van der Waals surface area contributed by atoms with E-state index in [-0.39, 0.29) is 17.1 Å². The summed E-state index contributed by atoms with van der Waals surface area (Å²) in [6.07, 6.45) is 0. The molecule has 0 saturated carbocycles. The first kappa shape index (κ1) is 21.8. The van der Waals surface area contributed by atoms with E-state index in [1.165, 1.54) is 45.4 Å². The Kier molecular flexibility index (Phi) is 7.21. The lowest BCUT2D eigenvalue weighted by molar-refractivity contribution is -0.384. The summed E-state index contributed by atoms with van der Waals surface area (Å²) in [5.74, 6) is -0.907. The molecule has 2 rings (SSSR count). The molecule has 0 bridgehead atoms. The molecule has 11 heteroatoms. The maximum Gasteiger partial charge on any atom is 0.273 e. The van der Waals surface area contributed by atoms with Crippen molar-refractivity contribution in [2.24, 2.45) is 10.2 Å². The van der Waals surface area contributed by atoms with E-state index in [1.54, 1.807) is 6.07 Å². The van der Waals surface area contributed by atoms with Crippen molar-refractivity contribution in [3.05, 3.63) is 51.5 Å². The highest BCUT2D eigenvalue weighted by Gasteiger charge is 2.24. The summed E-state index contributed by atoms with van der Waals surface area (Å²) in [6.45, 7) is 1.19. The largest absolute Gasteiger partial charge is 0.495 e. The predicted octanol–water partition coefficient (Wildman–Crippen LogP) is 3.95. The number of ether oxygens (including phenoxy) is 2. The second kappa shape index (κ2) is 9.60. The summed E-state index contributed by atoms with van der Waals surface area (Å²) in [5, 5.41) is 21.5. The molecular formula is C18H17ClN4O6. The Morgan fingerprint density at radius 2 is 1.83 bits per heavy atom. The van der Waals surface area contributed by atoms with E-state index in [0.717, 1.165) is 6.07 Å². The maximum absolute atomic E-state index is 12.5. The molecule has 0 heterocycles. The molecule has 0 aliphatic rings. The first-order chi connectivity index (χ1) is 13.8. The fraction of sp³-hybridized carbons (Fsp3) is 0.222. The number of amides is 1. The highest BCUT2D eigenvalue weighted by molar-refractivity contribution is 6.30. The van der Waals surface area contributed by atoms with Crippen molar-refractivity contribution in [3.63, 3.8) is 0 Å². The Balaban J connectivity index is 2.27. The lowest BCUT2D eigenvalue weighted by Gasteiger charge is -2.13. The van der Waals surface area contributed by atoms with E-state index in [1.807, 2.05) is 0 Å². The van der Waals surface area contributed by atoms with Gasteiger partial charge in [-0.15, -0.1) is 0 Å². The monoisotopic (exact) mass is 420 g/mol. The van der Waals surface area contributed by atoms with Crippen molar-refractivity contribution in [1.82, 2.24) is 0 Å². The average molecular weight is 421 g/mol. The van der Waals surface area contributed by atoms with Gasteiger partial charge in [0.2, 0.25) is 6.04 Å². The van der Waals surface area contributed by atoms with Crippen LogP contribution in [0.4, 0.5) is 17.1 Å². The number of rotatable bonds is 8. The first-order valence-corrected chi connectivity index (χ1v) is 8.52. The Morgan fingerprint density at radius 3 is 2.41 bits per heavy atom. The third-order valence-corrected chi connectivity index (χ3v) is 3.95. The number of methoxy groups -OCH3 is 2. The van der Waals surface area contributed by atoms with Crippen LogP contribution in [0.3, 0.4) is 0 Å². The Hall–Kier alpha value is -3.53. The molecule has 1 unspecified atom stereocenters. The minimum atomic E-state index is -1.45. The summed E-state index contributed by atoms with van der Waals surface area (Å²) in [6, 6.07) is 6.79. The number of anilines is 1. The van der Waals surface area contributed by atoms with Crippen molar-refractivity contribution >= 4 is 40.4 Å². The van der Waals surface area contributed by atoms with Crippen LogP contribution in [0.15, 0.2) is 46.6 Å². The molecule has 0 aliphatic carbocycles. The molecule has 1 amide bonds. The number of benzene rings is 2. The smallest absolute Gasteiger partial charge is 0.273 e. The highest BCUT2D eigenvalue weighted by atomic mass is 35.5. The summed E-state index contributed by atoms with van der Waals surface area (Å²) < 4.78 is 10.2. The van der Waals surface area contributed by atoms with Crippen molar-refractivity contribution in [3.8, 4) is 11.5 Å². The molecule has 0 radical (unpaired) electrons. The number of nitro groups is 1. The van der Waals surface area contributed by atoms with Crippen molar-refractivity contribution < 1.29 is 24.0 Å². The molecule has 10 nitrogen and oxygen atoms in total. The van der Waals surface area contributed by atoms with Crippen LogP contribution in [0.25, 0.3) is 0 Å². The normalized spacial score (nSPS) is 11.7. The summed E-state index contributed by atoms with van der Waals surface area (Å²) in [5.41, 5.74) is 0.231. The Morgan fingerprint density at radius 1 is 1.14 bits per heavy atom. The lowest BCUT2D eigenvalue weighted by atomic mass is 10.2. The average Bonchev–Trinajstić information content (AvgIpc) is 2.69. The van der Waals surface area contributed by atoms with Gasteiger partial charge in [-0.05, 0) is 25.1 Å². The fourth-order valence-corrected chi connectivity index (χ4v) is 2.43. The number of nitrogens with zero attached hydrogens (tertiary/aromatic N) is 3. The minimum Gasteiger partial charge on any atom is -0.495 e. The van der Waals surface area contributed by atoms with E-state index < -0.39 is 22.7 Å². The molecule has 29 heavy (non-hydrogen) atoms. The number of azo groups is 1. The third-order valence-electron chi connectivity index (χ3n) is 3.71. The van der Waals surface area contributed by atoms with Crippen LogP contribution >= 0.6 is 11.6 Å². The molecule has 1 N–H and O–H groups in total. The molecular weight excluding hydrogens is 404 g/mol. The zero-order valence-corrected chi connectivity index (χ0v) is 16.5. The quantitative estimate of drug-likeness (QED) is 0.297. The van der Waals surface area contributed by atoms with Gasteiger partial charge in [-0.3, -0.25) is 19.7 Å². The van der Waals surface area contributed by atoms with Crippen LogP contribution in [0.5, 0.6) is 11.5 Å². The number of hydrogen-bond donors (Lipinski definition) is 1. The van der Waals surface area contributed by atoms with Gasteiger partial charge in [0.25, 0.3) is 11.6 Å². The second-order valence-electron chi connectivity index (χ2n) is 5.68. The van der Waals surface area contributed by atoms with Crippen LogP contribution < -0.4 is 14.8 Å². The maximum atomic E-state index is 12.5. The van der Waals surface area contributed by atoms with Gasteiger partial charge in [0, 0.05) is 17.2 Å². The second-order valence-corrected chi connectivity index (χ2v) is 6.11. The van der Waals surface area contributed by atoms with E-state index in [4.69, 9.17) is 21.1 Å². The SMILES string of the molecule is COc1cc([N+](=O)[O-])ccc1N=NC(C(C)=O)C(=O)Nc1ccc(Cl)cc1OC. The van der Waals surface area contributed by atoms with Gasteiger partial charge < -0.3 is 14.8 Å². The number of ketones is 1. The molecule has 0 saturated heterocycles. The Bertz CT molecular complexity index is 979. The molecule has 0 spiro atoms. The zero-order chi connectivity index (χ0) is 21.6. The summed E-state index contributed by atoms with van der Waals surface area (Å²) in [4.78, 5) is 34.7. The number of hydrogen-bond acceptors (Lipinski definition) is 8. The molecule has 2 aromatic rings. The number of carbonyl (C=O) groups is 2. The summed E-state index contributed by atoms with van der Waals surface area (Å²) >= 11 is 5.89. The number of halogens is 1. The Labute approximate surface area is 170 Å². The molecule has 0 fully saturated rings. The molecule has 0 aromatic heterocycles. The van der Waals surface area contributed by atoms with Crippen molar-refractivity contribution in [2.45, 2.75) is 13.0 Å². The molecule has 2 aromatic carbocycles. The number of nitro benzene ring substituents is 1. The molecule has 152 valence electrons. The van der Waals surface area contributed by atoms with Crippen LogP contribution in [-0.2, 0) is 9.59 Å². The minimum absolute atomic E-state index is 0.0741. The van der Waals surface area contributed by atoms with Crippen LogP contribution in [0.1, 0.15) is 6.92 Å². The number of non-ortho nitro benzene ring substituents is 1. The lowest BCUT2D eigenvalue weighted by Crippen LogP contribution is -2.32. The topological polar surface area (TPSA) is 132 Å². The predicted molar refractivity (Wildman–Crippen MR) is 105 cm³/mol. The van der Waals surface area contributed by atoms with Crippen LogP contribution in [0, 0.1) is 10.1 Å². The number of carbonyl (C=O) groups excluding carboxylic acids is 2. The van der Waals surface area contributed by atoms with Gasteiger partial charge in [-0.25, -0.2) is 0 Å². The van der Waals surface area contributed by atoms with Gasteiger partial charge in [-0.1, -0.05) is 11.6 Å². The van der Waals surface area contributed by atoms with Gasteiger partial charge in [-0.2, -0.15) is 10.2 Å². The standard InChI is InChI=1S/C18H17ClN4O6/c1-10(24)17(18(25)20-13-6-4-11(19)8-15(13)28-2)22-21-14-7-5-12(23(26)27)9-16(14)29-3/h4-9,17H,1-3H3,(H,20,25).